The van der Waals surface area contributed by atoms with Gasteiger partial charge in [0.2, 0.25) is 0 Å². The van der Waals surface area contributed by atoms with Gasteiger partial charge in [0.25, 0.3) is 0 Å². The van der Waals surface area contributed by atoms with Crippen molar-refractivity contribution < 1.29 is 14.3 Å². The molecule has 70 valence electrons. The summed E-state index contributed by atoms with van der Waals surface area (Å²) in [5, 5.41) is 0. The number of rotatable bonds is 4. The van der Waals surface area contributed by atoms with Gasteiger partial charge in [-0.05, 0) is 7.05 Å². The summed E-state index contributed by atoms with van der Waals surface area (Å²) in [4.78, 5) is 12.8. The Morgan fingerprint density at radius 3 is 2.75 bits per heavy atom. The fourth-order valence-corrected chi connectivity index (χ4v) is 1.16. The molecule has 1 aliphatic rings. The summed E-state index contributed by atoms with van der Waals surface area (Å²) in [5.74, 6) is -0.206. The molecule has 0 spiro atoms. The number of hydrogen-bond acceptors (Lipinski definition) is 4. The standard InChI is InChI=1S/C8H15NO3/c1-9-5-7(6-9)12-4-3-8(10)11-2/h7H,3-6H2,1-2H3. The van der Waals surface area contributed by atoms with Crippen molar-refractivity contribution in [2.45, 2.75) is 12.5 Å². The quantitative estimate of drug-likeness (QED) is 0.556. The smallest absolute Gasteiger partial charge is 0.307 e. The van der Waals surface area contributed by atoms with Crippen LogP contribution in [0.2, 0.25) is 0 Å². The Hall–Kier alpha value is -0.610. The molecule has 0 bridgehead atoms. The highest BCUT2D eigenvalue weighted by molar-refractivity contribution is 5.69. The Bertz CT molecular complexity index is 154. The molecular weight excluding hydrogens is 158 g/mol. The van der Waals surface area contributed by atoms with Crippen LogP contribution in [0.5, 0.6) is 0 Å². The number of ether oxygens (including phenoxy) is 2. The predicted molar refractivity (Wildman–Crippen MR) is 43.9 cm³/mol. The molecule has 0 saturated carbocycles. The zero-order chi connectivity index (χ0) is 8.97. The van der Waals surface area contributed by atoms with Gasteiger partial charge in [-0.3, -0.25) is 4.79 Å². The number of hydrogen-bond donors (Lipinski definition) is 0. The van der Waals surface area contributed by atoms with Crippen LogP contribution in [0.1, 0.15) is 6.42 Å². The van der Waals surface area contributed by atoms with Gasteiger partial charge in [-0.1, -0.05) is 0 Å². The molecule has 0 amide bonds. The molecule has 0 N–H and O–H groups in total. The van der Waals surface area contributed by atoms with E-state index in [1.165, 1.54) is 7.11 Å². The molecule has 12 heavy (non-hydrogen) atoms. The Balaban J connectivity index is 1.93. The van der Waals surface area contributed by atoms with Gasteiger partial charge in [-0.15, -0.1) is 0 Å². The first-order valence-corrected chi connectivity index (χ1v) is 4.09. The van der Waals surface area contributed by atoms with E-state index in [2.05, 4.69) is 9.64 Å². The van der Waals surface area contributed by atoms with Crippen LogP contribution < -0.4 is 0 Å². The van der Waals surface area contributed by atoms with Crippen molar-refractivity contribution in [3.63, 3.8) is 0 Å². The summed E-state index contributed by atoms with van der Waals surface area (Å²) in [6, 6.07) is 0. The number of esters is 1. The molecule has 0 unspecified atom stereocenters. The van der Waals surface area contributed by atoms with Gasteiger partial charge in [0.15, 0.2) is 0 Å². The zero-order valence-corrected chi connectivity index (χ0v) is 7.58. The molecule has 4 heteroatoms. The second-order valence-electron chi connectivity index (χ2n) is 3.04. The first-order valence-electron chi connectivity index (χ1n) is 4.09. The average molecular weight is 173 g/mol. The van der Waals surface area contributed by atoms with E-state index in [9.17, 15) is 4.79 Å². The number of likely N-dealkylation sites (tertiary alicyclic amines) is 1. The minimum atomic E-state index is -0.206. The van der Waals surface area contributed by atoms with Crippen LogP contribution in [-0.4, -0.2) is 50.8 Å². The summed E-state index contributed by atoms with van der Waals surface area (Å²) in [6.07, 6.45) is 0.677. The van der Waals surface area contributed by atoms with Crippen LogP contribution in [0.25, 0.3) is 0 Å². The molecule has 0 atom stereocenters. The topological polar surface area (TPSA) is 38.8 Å². The largest absolute Gasteiger partial charge is 0.469 e. The lowest BCUT2D eigenvalue weighted by Crippen LogP contribution is -2.49. The fourth-order valence-electron chi connectivity index (χ4n) is 1.16. The fraction of sp³-hybridized carbons (Fsp3) is 0.875. The highest BCUT2D eigenvalue weighted by Gasteiger charge is 2.23. The van der Waals surface area contributed by atoms with Gasteiger partial charge in [-0.25, -0.2) is 0 Å². The summed E-state index contributed by atoms with van der Waals surface area (Å²) >= 11 is 0. The van der Waals surface area contributed by atoms with Crippen molar-refractivity contribution in [3.8, 4) is 0 Å². The second kappa shape index (κ2) is 4.42. The van der Waals surface area contributed by atoms with Gasteiger partial charge >= 0.3 is 5.97 Å². The molecule has 1 fully saturated rings. The van der Waals surface area contributed by atoms with Crippen LogP contribution in [0.15, 0.2) is 0 Å². The van der Waals surface area contributed by atoms with E-state index >= 15 is 0 Å². The third-order valence-electron chi connectivity index (χ3n) is 1.92. The Morgan fingerprint density at radius 2 is 2.25 bits per heavy atom. The first-order chi connectivity index (χ1) is 5.72. The molecule has 1 rings (SSSR count). The van der Waals surface area contributed by atoms with Gasteiger partial charge in [0.1, 0.15) is 0 Å². The monoisotopic (exact) mass is 173 g/mol. The second-order valence-corrected chi connectivity index (χ2v) is 3.04. The third kappa shape index (κ3) is 2.79. The lowest BCUT2D eigenvalue weighted by molar-refractivity contribution is -0.143. The molecule has 0 aromatic rings. The Labute approximate surface area is 72.4 Å². The SMILES string of the molecule is COC(=O)CCOC1CN(C)C1. The predicted octanol–water partition coefficient (Wildman–Crippen LogP) is -0.120. The first kappa shape index (κ1) is 9.48. The van der Waals surface area contributed by atoms with E-state index in [0.29, 0.717) is 19.1 Å². The van der Waals surface area contributed by atoms with Crippen LogP contribution in [0, 0.1) is 0 Å². The number of methoxy groups -OCH3 is 1. The summed E-state index contributed by atoms with van der Waals surface area (Å²) < 4.78 is 9.85. The molecule has 0 aromatic carbocycles. The molecule has 1 aliphatic heterocycles. The van der Waals surface area contributed by atoms with Crippen LogP contribution in [0.3, 0.4) is 0 Å². The van der Waals surface area contributed by atoms with Gasteiger partial charge in [0.05, 0.1) is 26.2 Å². The maximum absolute atomic E-state index is 10.7. The maximum Gasteiger partial charge on any atom is 0.307 e. The minimum Gasteiger partial charge on any atom is -0.469 e. The van der Waals surface area contributed by atoms with Gasteiger partial charge < -0.3 is 14.4 Å². The van der Waals surface area contributed by atoms with Crippen molar-refractivity contribution in [2.75, 3.05) is 33.9 Å². The highest BCUT2D eigenvalue weighted by atomic mass is 16.5. The van der Waals surface area contributed by atoms with Gasteiger partial charge in [-0.2, -0.15) is 0 Å². The van der Waals surface area contributed by atoms with Crippen molar-refractivity contribution >= 4 is 5.97 Å². The molecule has 0 aliphatic carbocycles. The summed E-state index contributed by atoms with van der Waals surface area (Å²) in [6.45, 7) is 2.42. The lowest BCUT2D eigenvalue weighted by Gasteiger charge is -2.35. The molecular formula is C8H15NO3. The van der Waals surface area contributed by atoms with Crippen molar-refractivity contribution in [2.24, 2.45) is 0 Å². The van der Waals surface area contributed by atoms with Crippen LogP contribution >= 0.6 is 0 Å². The minimum absolute atomic E-state index is 0.206. The number of carbonyl (C=O) groups excluding carboxylic acids is 1. The number of likely N-dealkylation sites (N-methyl/N-ethyl adjacent to an activating group) is 1. The van der Waals surface area contributed by atoms with Crippen molar-refractivity contribution in [1.82, 2.24) is 4.90 Å². The summed E-state index contributed by atoms with van der Waals surface area (Å²) in [5.41, 5.74) is 0. The van der Waals surface area contributed by atoms with E-state index in [1.807, 2.05) is 7.05 Å². The Morgan fingerprint density at radius 1 is 1.58 bits per heavy atom. The molecule has 4 nitrogen and oxygen atoms in total. The van der Waals surface area contributed by atoms with E-state index in [0.717, 1.165) is 13.1 Å². The van der Waals surface area contributed by atoms with E-state index < -0.39 is 0 Å². The molecule has 0 aromatic heterocycles. The van der Waals surface area contributed by atoms with Crippen molar-refractivity contribution in [1.29, 1.82) is 0 Å². The molecule has 1 heterocycles. The van der Waals surface area contributed by atoms with Crippen molar-refractivity contribution in [3.05, 3.63) is 0 Å². The summed E-state index contributed by atoms with van der Waals surface area (Å²) in [7, 11) is 3.43. The average Bonchev–Trinajstić information content (AvgIpc) is 2.01. The molecule has 1 saturated heterocycles. The van der Waals surface area contributed by atoms with E-state index in [-0.39, 0.29) is 5.97 Å². The number of nitrogens with zero attached hydrogens (tertiary/aromatic N) is 1. The van der Waals surface area contributed by atoms with E-state index in [1.54, 1.807) is 0 Å². The highest BCUT2D eigenvalue weighted by Crippen LogP contribution is 2.08. The van der Waals surface area contributed by atoms with Gasteiger partial charge in [0, 0.05) is 13.1 Å². The number of carbonyl (C=O) groups is 1. The zero-order valence-electron chi connectivity index (χ0n) is 7.58. The normalized spacial score (nSPS) is 18.8. The third-order valence-corrected chi connectivity index (χ3v) is 1.92. The van der Waals surface area contributed by atoms with Crippen LogP contribution in [0.4, 0.5) is 0 Å². The Kier molecular flexibility index (Phi) is 3.49. The molecule has 0 radical (unpaired) electrons. The van der Waals surface area contributed by atoms with Crippen LogP contribution in [-0.2, 0) is 14.3 Å². The maximum atomic E-state index is 10.7. The lowest BCUT2D eigenvalue weighted by atomic mass is 10.2. The van der Waals surface area contributed by atoms with E-state index in [4.69, 9.17) is 4.74 Å².